The molecule has 0 aromatic carbocycles. The van der Waals surface area contributed by atoms with Crippen LogP contribution in [0.15, 0.2) is 30.6 Å². The Kier molecular flexibility index (Phi) is 1.42. The van der Waals surface area contributed by atoms with Crippen molar-refractivity contribution in [2.24, 2.45) is 0 Å². The van der Waals surface area contributed by atoms with Crippen molar-refractivity contribution in [1.82, 2.24) is 9.38 Å². The number of hydrogen-bond donors (Lipinski definition) is 0. The molecule has 0 saturated carbocycles. The lowest BCUT2D eigenvalue weighted by Crippen LogP contribution is -2.18. The lowest BCUT2D eigenvalue weighted by Gasteiger charge is -2.07. The predicted octanol–water partition coefficient (Wildman–Crippen LogP) is 1.11. The van der Waals surface area contributed by atoms with Crippen molar-refractivity contribution in [3.63, 3.8) is 0 Å². The van der Waals surface area contributed by atoms with Crippen LogP contribution in [-0.2, 0) is 4.79 Å². The average molecular weight is 198 g/mol. The number of rotatable bonds is 0. The summed E-state index contributed by atoms with van der Waals surface area (Å²) in [7, 11) is 0. The molecule has 0 radical (unpaired) electrons. The molecule has 0 fully saturated rings. The van der Waals surface area contributed by atoms with Crippen molar-refractivity contribution < 1.29 is 9.59 Å². The molecule has 0 atom stereocenters. The molecule has 0 spiro atoms. The number of nitrogens with zero attached hydrogens (tertiary/aromatic N) is 2. The van der Waals surface area contributed by atoms with Gasteiger partial charge in [-0.3, -0.25) is 9.59 Å². The summed E-state index contributed by atoms with van der Waals surface area (Å²) >= 11 is 0. The minimum absolute atomic E-state index is 0.367. The molecule has 15 heavy (non-hydrogen) atoms. The summed E-state index contributed by atoms with van der Waals surface area (Å²) in [6.45, 7) is 0. The van der Waals surface area contributed by atoms with Crippen LogP contribution in [-0.4, -0.2) is 21.0 Å². The van der Waals surface area contributed by atoms with E-state index in [9.17, 15) is 9.59 Å². The molecule has 1 aliphatic rings. The summed E-state index contributed by atoms with van der Waals surface area (Å²) in [5.41, 5.74) is 1.69. The van der Waals surface area contributed by atoms with Gasteiger partial charge in [0.25, 0.3) is 0 Å². The third-order valence-electron chi connectivity index (χ3n) is 2.40. The fourth-order valence-corrected chi connectivity index (χ4v) is 1.64. The monoisotopic (exact) mass is 198 g/mol. The van der Waals surface area contributed by atoms with E-state index < -0.39 is 11.6 Å². The van der Waals surface area contributed by atoms with E-state index in [4.69, 9.17) is 0 Å². The maximum Gasteiger partial charge on any atom is 0.236 e. The second-order valence-corrected chi connectivity index (χ2v) is 3.34. The summed E-state index contributed by atoms with van der Waals surface area (Å²) in [5, 5.41) is 0. The summed E-state index contributed by atoms with van der Waals surface area (Å²) in [5.74, 6) is -0.980. The predicted molar refractivity (Wildman–Crippen MR) is 53.6 cm³/mol. The number of ketones is 2. The Balaban J connectivity index is 2.38. The lowest BCUT2D eigenvalue weighted by atomic mass is 10.0. The molecular formula is C11H6N2O2. The van der Waals surface area contributed by atoms with Crippen LogP contribution in [0.2, 0.25) is 0 Å². The van der Waals surface area contributed by atoms with Gasteiger partial charge in [-0.2, -0.15) is 0 Å². The highest BCUT2D eigenvalue weighted by molar-refractivity contribution is 6.49. The fourth-order valence-electron chi connectivity index (χ4n) is 1.64. The van der Waals surface area contributed by atoms with Crippen LogP contribution in [0.5, 0.6) is 0 Å². The standard InChI is InChI=1S/C11H6N2O2/c14-9-4-3-8-7(11(9)15)6-13-5-1-2-10(13)12-8/h1-6H. The van der Waals surface area contributed by atoms with E-state index >= 15 is 0 Å². The number of carbonyl (C=O) groups is 2. The smallest absolute Gasteiger partial charge is 0.236 e. The second-order valence-electron chi connectivity index (χ2n) is 3.34. The Morgan fingerprint density at radius 2 is 2.07 bits per heavy atom. The number of allylic oxidation sites excluding steroid dienone is 1. The Bertz CT molecular complexity index is 623. The van der Waals surface area contributed by atoms with Crippen LogP contribution in [0.3, 0.4) is 0 Å². The van der Waals surface area contributed by atoms with E-state index in [0.29, 0.717) is 11.3 Å². The topological polar surface area (TPSA) is 51.4 Å². The first kappa shape index (κ1) is 8.11. The van der Waals surface area contributed by atoms with Crippen LogP contribution in [0.1, 0.15) is 16.1 Å². The molecular weight excluding hydrogens is 192 g/mol. The molecule has 3 rings (SSSR count). The summed E-state index contributed by atoms with van der Waals surface area (Å²) < 4.78 is 1.73. The van der Waals surface area contributed by atoms with Crippen molar-refractivity contribution in [2.75, 3.05) is 0 Å². The lowest BCUT2D eigenvalue weighted by molar-refractivity contribution is -0.110. The first-order chi connectivity index (χ1) is 7.25. The van der Waals surface area contributed by atoms with Gasteiger partial charge in [-0.25, -0.2) is 4.98 Å². The zero-order valence-corrected chi connectivity index (χ0v) is 7.68. The maximum absolute atomic E-state index is 11.5. The Morgan fingerprint density at radius 1 is 1.20 bits per heavy atom. The molecule has 0 N–H and O–H groups in total. The van der Waals surface area contributed by atoms with Crippen LogP contribution in [0.25, 0.3) is 11.7 Å². The fraction of sp³-hybridized carbons (Fsp3) is 0. The zero-order valence-electron chi connectivity index (χ0n) is 7.68. The van der Waals surface area contributed by atoms with Crippen molar-refractivity contribution in [2.45, 2.75) is 0 Å². The molecule has 0 aliphatic heterocycles. The van der Waals surface area contributed by atoms with E-state index in [1.165, 1.54) is 6.08 Å². The molecule has 1 aliphatic carbocycles. The number of hydrogen-bond acceptors (Lipinski definition) is 3. The van der Waals surface area contributed by atoms with E-state index in [1.807, 2.05) is 12.1 Å². The van der Waals surface area contributed by atoms with Crippen LogP contribution < -0.4 is 0 Å². The van der Waals surface area contributed by atoms with E-state index in [1.54, 1.807) is 22.9 Å². The number of Topliss-reactive ketones (excluding diaryl/α,β-unsaturated/α-hetero) is 1. The minimum atomic E-state index is -0.490. The normalized spacial score (nSPS) is 14.7. The molecule has 0 amide bonds. The van der Waals surface area contributed by atoms with Gasteiger partial charge in [0.05, 0.1) is 11.3 Å². The summed E-state index contributed by atoms with van der Waals surface area (Å²) in [4.78, 5) is 26.9. The van der Waals surface area contributed by atoms with Crippen LogP contribution >= 0.6 is 0 Å². The number of carbonyl (C=O) groups excluding carboxylic acids is 2. The van der Waals surface area contributed by atoms with Gasteiger partial charge in [0.15, 0.2) is 0 Å². The maximum atomic E-state index is 11.5. The highest BCUT2D eigenvalue weighted by atomic mass is 16.2. The SMILES string of the molecule is O=C1C=Cc2nc3cccn3cc2C1=O. The largest absolute Gasteiger partial charge is 0.308 e. The summed E-state index contributed by atoms with van der Waals surface area (Å²) in [6.07, 6.45) is 6.27. The highest BCUT2D eigenvalue weighted by Crippen LogP contribution is 2.16. The molecule has 0 saturated heterocycles. The van der Waals surface area contributed by atoms with Gasteiger partial charge in [0, 0.05) is 12.4 Å². The van der Waals surface area contributed by atoms with Gasteiger partial charge in [-0.05, 0) is 24.3 Å². The molecule has 72 valence electrons. The average Bonchev–Trinajstić information content (AvgIpc) is 2.68. The Labute approximate surface area is 84.9 Å². The molecule has 2 aromatic rings. The van der Waals surface area contributed by atoms with E-state index in [-0.39, 0.29) is 0 Å². The van der Waals surface area contributed by atoms with Gasteiger partial charge in [0.2, 0.25) is 11.6 Å². The first-order valence-corrected chi connectivity index (χ1v) is 4.50. The van der Waals surface area contributed by atoms with Crippen molar-refractivity contribution in [3.05, 3.63) is 41.9 Å². The first-order valence-electron chi connectivity index (χ1n) is 4.50. The number of fused-ring (bicyclic) bond motifs is 2. The van der Waals surface area contributed by atoms with E-state index in [2.05, 4.69) is 4.98 Å². The number of aromatic nitrogens is 2. The molecule has 0 bridgehead atoms. The van der Waals surface area contributed by atoms with Crippen molar-refractivity contribution in [3.8, 4) is 0 Å². The summed E-state index contributed by atoms with van der Waals surface area (Å²) in [6, 6.07) is 3.68. The molecule has 4 nitrogen and oxygen atoms in total. The van der Waals surface area contributed by atoms with Crippen LogP contribution in [0.4, 0.5) is 0 Å². The van der Waals surface area contributed by atoms with E-state index in [0.717, 1.165) is 5.65 Å². The van der Waals surface area contributed by atoms with Crippen molar-refractivity contribution >= 4 is 23.3 Å². The van der Waals surface area contributed by atoms with Gasteiger partial charge in [-0.1, -0.05) is 0 Å². The second kappa shape index (κ2) is 2.63. The van der Waals surface area contributed by atoms with Gasteiger partial charge in [0.1, 0.15) is 5.65 Å². The van der Waals surface area contributed by atoms with Gasteiger partial charge in [-0.15, -0.1) is 0 Å². The van der Waals surface area contributed by atoms with Gasteiger partial charge < -0.3 is 4.40 Å². The molecule has 0 unspecified atom stereocenters. The quantitative estimate of drug-likeness (QED) is 0.596. The zero-order chi connectivity index (χ0) is 10.4. The van der Waals surface area contributed by atoms with Crippen molar-refractivity contribution in [1.29, 1.82) is 0 Å². The van der Waals surface area contributed by atoms with Gasteiger partial charge >= 0.3 is 0 Å². The third kappa shape index (κ3) is 1.05. The van der Waals surface area contributed by atoms with Crippen LogP contribution in [0, 0.1) is 0 Å². The Hall–Kier alpha value is -2.23. The highest BCUT2D eigenvalue weighted by Gasteiger charge is 2.22. The Morgan fingerprint density at radius 3 is 2.93 bits per heavy atom. The molecule has 2 aromatic heterocycles. The third-order valence-corrected chi connectivity index (χ3v) is 2.40. The molecule has 4 heteroatoms. The minimum Gasteiger partial charge on any atom is -0.308 e. The molecule has 2 heterocycles.